The van der Waals surface area contributed by atoms with E-state index in [1.807, 2.05) is 0 Å². The number of esters is 2. The Morgan fingerprint density at radius 2 is 1.45 bits per heavy atom. The highest BCUT2D eigenvalue weighted by atomic mass is 16.5. The summed E-state index contributed by atoms with van der Waals surface area (Å²) in [6.07, 6.45) is 5.24. The summed E-state index contributed by atoms with van der Waals surface area (Å²) in [6, 6.07) is 0. The molecule has 4 nitrogen and oxygen atoms in total. The Morgan fingerprint density at radius 3 is 2.00 bits per heavy atom. The van der Waals surface area contributed by atoms with E-state index in [0.717, 1.165) is 25.7 Å². The summed E-state index contributed by atoms with van der Waals surface area (Å²) in [5, 5.41) is 0. The molecule has 4 heteroatoms. The van der Waals surface area contributed by atoms with E-state index in [4.69, 9.17) is 9.47 Å². The Hall–Kier alpha value is -1.06. The Kier molecular flexibility index (Phi) is 7.03. The van der Waals surface area contributed by atoms with Crippen molar-refractivity contribution in [2.75, 3.05) is 13.2 Å². The highest BCUT2D eigenvalue weighted by Gasteiger charge is 2.28. The highest BCUT2D eigenvalue weighted by Crippen LogP contribution is 2.33. The minimum absolute atomic E-state index is 0.0175. The average molecular weight is 284 g/mol. The van der Waals surface area contributed by atoms with Gasteiger partial charge in [-0.1, -0.05) is 20.8 Å². The lowest BCUT2D eigenvalue weighted by atomic mass is 9.76. The molecule has 1 aliphatic heterocycles. The predicted octanol–water partition coefficient (Wildman–Crippen LogP) is 3.48. The Morgan fingerprint density at radius 1 is 0.900 bits per heavy atom. The van der Waals surface area contributed by atoms with E-state index in [0.29, 0.717) is 32.5 Å². The van der Waals surface area contributed by atoms with E-state index in [1.165, 1.54) is 0 Å². The van der Waals surface area contributed by atoms with E-state index < -0.39 is 0 Å². The van der Waals surface area contributed by atoms with Crippen molar-refractivity contribution in [3.63, 3.8) is 0 Å². The summed E-state index contributed by atoms with van der Waals surface area (Å²) >= 11 is 0. The molecule has 0 bridgehead atoms. The molecule has 0 spiro atoms. The molecule has 1 aliphatic rings. The van der Waals surface area contributed by atoms with Crippen LogP contribution < -0.4 is 0 Å². The van der Waals surface area contributed by atoms with Crippen LogP contribution in [0.15, 0.2) is 0 Å². The van der Waals surface area contributed by atoms with Crippen molar-refractivity contribution >= 4 is 11.9 Å². The molecule has 1 unspecified atom stereocenters. The van der Waals surface area contributed by atoms with Gasteiger partial charge in [0.1, 0.15) is 0 Å². The zero-order chi connectivity index (χ0) is 15.0. The molecular formula is C16H28O4. The molecule has 0 saturated carbocycles. The lowest BCUT2D eigenvalue weighted by Gasteiger charge is -2.30. The molecule has 0 aromatic heterocycles. The lowest BCUT2D eigenvalue weighted by molar-refractivity contribution is -0.148. The van der Waals surface area contributed by atoms with Gasteiger partial charge in [-0.15, -0.1) is 0 Å². The number of cyclic esters (lactones) is 2. The van der Waals surface area contributed by atoms with Crippen LogP contribution in [0.1, 0.15) is 65.7 Å². The van der Waals surface area contributed by atoms with E-state index in [-0.39, 0.29) is 23.3 Å². The first-order valence-electron chi connectivity index (χ1n) is 7.71. The van der Waals surface area contributed by atoms with E-state index in [1.54, 1.807) is 0 Å². The van der Waals surface area contributed by atoms with Gasteiger partial charge in [-0.2, -0.15) is 0 Å². The average Bonchev–Trinajstić information content (AvgIpc) is 2.35. The molecule has 1 atom stereocenters. The molecule has 0 aromatic rings. The number of ether oxygens (including phenoxy) is 2. The molecule has 1 fully saturated rings. The number of carbonyl (C=O) groups is 2. The largest absolute Gasteiger partial charge is 0.466 e. The predicted molar refractivity (Wildman–Crippen MR) is 77.2 cm³/mol. The lowest BCUT2D eigenvalue weighted by Crippen LogP contribution is -2.25. The van der Waals surface area contributed by atoms with E-state index in [2.05, 4.69) is 20.8 Å². The summed E-state index contributed by atoms with van der Waals surface area (Å²) in [5.41, 5.74) is -0.0175. The van der Waals surface area contributed by atoms with Gasteiger partial charge < -0.3 is 9.47 Å². The molecule has 0 N–H and O–H groups in total. The number of hydrogen-bond acceptors (Lipinski definition) is 4. The fraction of sp³-hybridized carbons (Fsp3) is 0.875. The summed E-state index contributed by atoms with van der Waals surface area (Å²) in [6.45, 7) is 7.31. The van der Waals surface area contributed by atoms with Gasteiger partial charge in [0.25, 0.3) is 0 Å². The molecule has 20 heavy (non-hydrogen) atoms. The summed E-state index contributed by atoms with van der Waals surface area (Å²) in [7, 11) is 0. The maximum atomic E-state index is 11.9. The number of hydrogen-bond donors (Lipinski definition) is 0. The topological polar surface area (TPSA) is 52.6 Å². The minimum Gasteiger partial charge on any atom is -0.466 e. The van der Waals surface area contributed by atoms with Gasteiger partial charge >= 0.3 is 11.9 Å². The smallest absolute Gasteiger partial charge is 0.306 e. The fourth-order valence-electron chi connectivity index (χ4n) is 2.40. The van der Waals surface area contributed by atoms with Gasteiger partial charge in [0.2, 0.25) is 0 Å². The van der Waals surface area contributed by atoms with Gasteiger partial charge in [0.05, 0.1) is 13.2 Å². The molecule has 0 aromatic carbocycles. The quantitative estimate of drug-likeness (QED) is 0.639. The van der Waals surface area contributed by atoms with Crippen molar-refractivity contribution in [1.82, 2.24) is 0 Å². The maximum Gasteiger partial charge on any atom is 0.306 e. The van der Waals surface area contributed by atoms with Crippen molar-refractivity contribution in [3.8, 4) is 0 Å². The second kappa shape index (κ2) is 8.28. The fourth-order valence-corrected chi connectivity index (χ4v) is 2.40. The van der Waals surface area contributed by atoms with Crippen LogP contribution >= 0.6 is 0 Å². The van der Waals surface area contributed by atoms with Crippen LogP contribution in [0.3, 0.4) is 0 Å². The first kappa shape index (κ1) is 17.0. The SMILES string of the molecule is CC(C)(C)C1CCC(=O)OCCCCCCOC(=O)C1. The van der Waals surface area contributed by atoms with Crippen LogP contribution in [0, 0.1) is 11.3 Å². The third kappa shape index (κ3) is 6.92. The Labute approximate surface area is 122 Å². The Balaban J connectivity index is 2.60. The summed E-state index contributed by atoms with van der Waals surface area (Å²) in [4.78, 5) is 23.5. The van der Waals surface area contributed by atoms with Crippen LogP contribution in [-0.4, -0.2) is 25.2 Å². The molecule has 1 saturated heterocycles. The first-order chi connectivity index (χ1) is 9.39. The standard InChI is InChI=1S/C16H28O4/c1-16(2,3)13-8-9-14(17)19-10-6-4-5-7-11-20-15(18)12-13/h13H,4-12H2,1-3H3. The molecule has 0 aliphatic carbocycles. The van der Waals surface area contributed by atoms with Crippen molar-refractivity contribution < 1.29 is 19.1 Å². The monoisotopic (exact) mass is 284 g/mol. The second-order valence-electron chi connectivity index (χ2n) is 6.66. The normalized spacial score (nSPS) is 24.4. The highest BCUT2D eigenvalue weighted by molar-refractivity contribution is 5.71. The van der Waals surface area contributed by atoms with Crippen LogP contribution in [0.5, 0.6) is 0 Å². The molecular weight excluding hydrogens is 256 g/mol. The van der Waals surface area contributed by atoms with Gasteiger partial charge in [-0.3, -0.25) is 9.59 Å². The number of rotatable bonds is 0. The van der Waals surface area contributed by atoms with Gasteiger partial charge in [0.15, 0.2) is 0 Å². The van der Waals surface area contributed by atoms with Gasteiger partial charge in [-0.25, -0.2) is 0 Å². The minimum atomic E-state index is -0.148. The van der Waals surface area contributed by atoms with Gasteiger partial charge in [-0.05, 0) is 43.4 Å². The summed E-state index contributed by atoms with van der Waals surface area (Å²) in [5.74, 6) is -0.148. The van der Waals surface area contributed by atoms with Gasteiger partial charge in [0, 0.05) is 12.8 Å². The zero-order valence-electron chi connectivity index (χ0n) is 13.1. The van der Waals surface area contributed by atoms with E-state index >= 15 is 0 Å². The molecule has 1 rings (SSSR count). The molecule has 0 radical (unpaired) electrons. The van der Waals surface area contributed by atoms with Crippen LogP contribution in [0.4, 0.5) is 0 Å². The summed E-state index contributed by atoms with van der Waals surface area (Å²) < 4.78 is 10.5. The van der Waals surface area contributed by atoms with Crippen LogP contribution in [0.2, 0.25) is 0 Å². The zero-order valence-corrected chi connectivity index (χ0v) is 13.1. The Bertz CT molecular complexity index is 317. The molecule has 0 amide bonds. The van der Waals surface area contributed by atoms with Crippen LogP contribution in [-0.2, 0) is 19.1 Å². The molecule has 116 valence electrons. The van der Waals surface area contributed by atoms with Crippen molar-refractivity contribution in [3.05, 3.63) is 0 Å². The third-order valence-corrected chi connectivity index (χ3v) is 3.90. The maximum absolute atomic E-state index is 11.9. The van der Waals surface area contributed by atoms with Crippen molar-refractivity contribution in [2.45, 2.75) is 65.7 Å². The first-order valence-corrected chi connectivity index (χ1v) is 7.71. The van der Waals surface area contributed by atoms with Crippen molar-refractivity contribution in [2.24, 2.45) is 11.3 Å². The van der Waals surface area contributed by atoms with E-state index in [9.17, 15) is 9.59 Å². The van der Waals surface area contributed by atoms with Crippen molar-refractivity contribution in [1.29, 1.82) is 0 Å². The number of carbonyl (C=O) groups excluding carboxylic acids is 2. The van der Waals surface area contributed by atoms with Crippen LogP contribution in [0.25, 0.3) is 0 Å². The third-order valence-electron chi connectivity index (χ3n) is 3.90. The molecule has 1 heterocycles. The second-order valence-corrected chi connectivity index (χ2v) is 6.66.